The first-order chi connectivity index (χ1) is 7.59. The van der Waals surface area contributed by atoms with Crippen molar-refractivity contribution in [3.8, 4) is 6.07 Å². The van der Waals surface area contributed by atoms with Crippen LogP contribution in [0.4, 0.5) is 5.69 Å². The van der Waals surface area contributed by atoms with Gasteiger partial charge in [-0.15, -0.1) is 0 Å². The van der Waals surface area contributed by atoms with Crippen molar-refractivity contribution in [2.45, 2.75) is 19.8 Å². The topological polar surface area (TPSA) is 70.0 Å². The zero-order valence-electron chi connectivity index (χ0n) is 9.10. The molecule has 0 atom stereocenters. The molecule has 0 fully saturated rings. The molecule has 0 unspecified atom stereocenters. The second kappa shape index (κ2) is 5.52. The van der Waals surface area contributed by atoms with Crippen molar-refractivity contribution in [2.75, 3.05) is 10.5 Å². The van der Waals surface area contributed by atoms with Crippen molar-refractivity contribution < 1.29 is 8.42 Å². The minimum Gasteiger partial charge on any atom is -0.282 e. The molecule has 0 heterocycles. The number of nitrogens with zero attached hydrogens (tertiary/aromatic N) is 1. The minimum absolute atomic E-state index is 0.0866. The number of nitrogens with one attached hydrogen (secondary N) is 1. The van der Waals surface area contributed by atoms with Gasteiger partial charge in [0.1, 0.15) is 6.07 Å². The minimum atomic E-state index is -3.33. The number of hydrogen-bond donors (Lipinski definition) is 1. The molecule has 0 amide bonds. The van der Waals surface area contributed by atoms with Gasteiger partial charge in [0.15, 0.2) is 0 Å². The molecule has 0 aliphatic rings. The van der Waals surface area contributed by atoms with Crippen LogP contribution in [-0.2, 0) is 10.0 Å². The number of hydrogen-bond acceptors (Lipinski definition) is 3. The first-order valence-electron chi connectivity index (χ1n) is 5.08. The third kappa shape index (κ3) is 3.55. The molecule has 0 aromatic heterocycles. The Kier molecular flexibility index (Phi) is 4.32. The van der Waals surface area contributed by atoms with Crippen molar-refractivity contribution in [2.24, 2.45) is 0 Å². The van der Waals surface area contributed by atoms with Crippen LogP contribution in [0.25, 0.3) is 0 Å². The molecule has 0 saturated carbocycles. The predicted molar refractivity (Wildman–Crippen MR) is 63.5 cm³/mol. The maximum absolute atomic E-state index is 11.6. The lowest BCUT2D eigenvalue weighted by Crippen LogP contribution is -2.17. The van der Waals surface area contributed by atoms with Gasteiger partial charge >= 0.3 is 0 Å². The summed E-state index contributed by atoms with van der Waals surface area (Å²) in [6, 6.07) is 8.50. The fourth-order valence-corrected chi connectivity index (χ4v) is 2.51. The summed E-state index contributed by atoms with van der Waals surface area (Å²) in [6.07, 6.45) is 1.44. The molecule has 0 aliphatic carbocycles. The van der Waals surface area contributed by atoms with Crippen molar-refractivity contribution in [1.82, 2.24) is 0 Å². The summed E-state index contributed by atoms with van der Waals surface area (Å²) >= 11 is 0. The molecule has 4 nitrogen and oxygen atoms in total. The highest BCUT2D eigenvalue weighted by molar-refractivity contribution is 7.92. The van der Waals surface area contributed by atoms with E-state index in [-0.39, 0.29) is 5.75 Å². The van der Waals surface area contributed by atoms with Gasteiger partial charge in [-0.25, -0.2) is 8.42 Å². The van der Waals surface area contributed by atoms with E-state index in [0.717, 1.165) is 6.42 Å². The molecule has 16 heavy (non-hydrogen) atoms. The molecule has 1 aromatic rings. The van der Waals surface area contributed by atoms with Gasteiger partial charge in [0.05, 0.1) is 17.0 Å². The normalized spacial score (nSPS) is 10.8. The third-order valence-corrected chi connectivity index (χ3v) is 3.44. The molecule has 1 N–H and O–H groups in total. The summed E-state index contributed by atoms with van der Waals surface area (Å²) in [7, 11) is -3.33. The molecule has 5 heteroatoms. The van der Waals surface area contributed by atoms with E-state index in [0.29, 0.717) is 17.7 Å². The Morgan fingerprint density at radius 1 is 1.38 bits per heavy atom. The molecule has 0 saturated heterocycles. The lowest BCUT2D eigenvalue weighted by molar-refractivity contribution is 0.598. The zero-order valence-corrected chi connectivity index (χ0v) is 9.92. The van der Waals surface area contributed by atoms with E-state index in [1.807, 2.05) is 13.0 Å². The van der Waals surface area contributed by atoms with Crippen molar-refractivity contribution in [1.29, 1.82) is 5.26 Å². The van der Waals surface area contributed by atoms with Crippen LogP contribution in [0.15, 0.2) is 24.3 Å². The summed E-state index contributed by atoms with van der Waals surface area (Å²) in [6.45, 7) is 1.93. The number of nitriles is 1. The average Bonchev–Trinajstić information content (AvgIpc) is 2.27. The quantitative estimate of drug-likeness (QED) is 0.854. The number of para-hydroxylation sites is 1. The molecule has 1 rings (SSSR count). The standard InChI is InChI=1S/C11H14N2O2S/c1-2-3-8-16(14,15)13-11-7-5-4-6-10(11)9-12/h4-7,13H,2-3,8H2,1H3. The Hall–Kier alpha value is -1.54. The second-order valence-electron chi connectivity index (χ2n) is 3.43. The maximum atomic E-state index is 11.6. The van der Waals surface area contributed by atoms with Gasteiger partial charge in [-0.3, -0.25) is 4.72 Å². The van der Waals surface area contributed by atoms with E-state index in [9.17, 15) is 8.42 Å². The Bertz CT molecular complexity index is 489. The van der Waals surface area contributed by atoms with E-state index >= 15 is 0 Å². The molecule has 0 radical (unpaired) electrons. The van der Waals surface area contributed by atoms with Crippen molar-refractivity contribution in [3.05, 3.63) is 29.8 Å². The number of unbranched alkanes of at least 4 members (excludes halogenated alkanes) is 1. The van der Waals surface area contributed by atoms with Crippen molar-refractivity contribution in [3.63, 3.8) is 0 Å². The predicted octanol–water partition coefficient (Wildman–Crippen LogP) is 2.10. The van der Waals surface area contributed by atoms with E-state index < -0.39 is 10.0 Å². The van der Waals surface area contributed by atoms with Gasteiger partial charge in [0.2, 0.25) is 10.0 Å². The van der Waals surface area contributed by atoms with Crippen LogP contribution in [-0.4, -0.2) is 14.2 Å². The van der Waals surface area contributed by atoms with Crippen LogP contribution >= 0.6 is 0 Å². The molecular weight excluding hydrogens is 224 g/mol. The molecule has 86 valence electrons. The van der Waals surface area contributed by atoms with E-state index in [2.05, 4.69) is 4.72 Å². The highest BCUT2D eigenvalue weighted by Crippen LogP contribution is 2.15. The van der Waals surface area contributed by atoms with Crippen LogP contribution in [0.2, 0.25) is 0 Å². The van der Waals surface area contributed by atoms with Crippen LogP contribution in [0, 0.1) is 11.3 Å². The maximum Gasteiger partial charge on any atom is 0.232 e. The zero-order chi connectivity index (χ0) is 12.0. The summed E-state index contributed by atoms with van der Waals surface area (Å²) in [5, 5.41) is 8.81. The summed E-state index contributed by atoms with van der Waals surface area (Å²) in [5.41, 5.74) is 0.684. The molecule has 0 aliphatic heterocycles. The molecule has 1 aromatic carbocycles. The number of benzene rings is 1. The molecule has 0 bridgehead atoms. The Morgan fingerprint density at radius 2 is 2.06 bits per heavy atom. The molecule has 0 spiro atoms. The number of anilines is 1. The Morgan fingerprint density at radius 3 is 2.69 bits per heavy atom. The monoisotopic (exact) mass is 238 g/mol. The smallest absolute Gasteiger partial charge is 0.232 e. The lowest BCUT2D eigenvalue weighted by Gasteiger charge is -2.08. The number of sulfonamides is 1. The summed E-state index contributed by atoms with van der Waals surface area (Å²) in [4.78, 5) is 0. The van der Waals surface area contributed by atoms with Gasteiger partial charge in [-0.1, -0.05) is 25.5 Å². The van der Waals surface area contributed by atoms with Crippen molar-refractivity contribution >= 4 is 15.7 Å². The average molecular weight is 238 g/mol. The van der Waals surface area contributed by atoms with Gasteiger partial charge in [-0.05, 0) is 18.6 Å². The largest absolute Gasteiger partial charge is 0.282 e. The first-order valence-corrected chi connectivity index (χ1v) is 6.74. The van der Waals surface area contributed by atoms with Gasteiger partial charge in [0, 0.05) is 0 Å². The van der Waals surface area contributed by atoms with E-state index in [1.165, 1.54) is 0 Å². The third-order valence-electron chi connectivity index (χ3n) is 2.08. The fourth-order valence-electron chi connectivity index (χ4n) is 1.22. The van der Waals surface area contributed by atoms with Crippen LogP contribution in [0.5, 0.6) is 0 Å². The van der Waals surface area contributed by atoms with Gasteiger partial charge in [-0.2, -0.15) is 5.26 Å². The summed E-state index contributed by atoms with van der Waals surface area (Å²) < 4.78 is 25.6. The van der Waals surface area contributed by atoms with Crippen LogP contribution in [0.1, 0.15) is 25.3 Å². The Labute approximate surface area is 96.0 Å². The highest BCUT2D eigenvalue weighted by atomic mass is 32.2. The fraction of sp³-hybridized carbons (Fsp3) is 0.364. The SMILES string of the molecule is CCCCS(=O)(=O)Nc1ccccc1C#N. The summed E-state index contributed by atoms with van der Waals surface area (Å²) in [5.74, 6) is 0.0866. The van der Waals surface area contributed by atoms with Crippen LogP contribution < -0.4 is 4.72 Å². The number of rotatable bonds is 5. The van der Waals surface area contributed by atoms with Crippen LogP contribution in [0.3, 0.4) is 0 Å². The van der Waals surface area contributed by atoms with E-state index in [1.54, 1.807) is 24.3 Å². The Balaban J connectivity index is 2.85. The first kappa shape index (κ1) is 12.5. The van der Waals surface area contributed by atoms with Gasteiger partial charge in [0.25, 0.3) is 0 Å². The second-order valence-corrected chi connectivity index (χ2v) is 5.27. The van der Waals surface area contributed by atoms with Gasteiger partial charge < -0.3 is 0 Å². The highest BCUT2D eigenvalue weighted by Gasteiger charge is 2.11. The lowest BCUT2D eigenvalue weighted by atomic mass is 10.2. The molecular formula is C11H14N2O2S. The van der Waals surface area contributed by atoms with E-state index in [4.69, 9.17) is 5.26 Å².